The maximum atomic E-state index is 13.9. The van der Waals surface area contributed by atoms with Crippen molar-refractivity contribution >= 4 is 29.6 Å². The maximum Gasteiger partial charge on any atom is 0.407 e. The Kier molecular flexibility index (Phi) is 9.79. The molecule has 4 amide bonds. The molecule has 0 aromatic carbocycles. The Balaban J connectivity index is 1.87. The number of alkyl halides is 2. The standard InChI is InChI=1S/C27H42F2N4O7/c1-25(2,3)20(32-24(38)39-5)23(37)33-15-27(10-12-40-13-11-27)14-18(33)21(35)31-17(8-9-26(4,28)29)19(34)22(36)30-16-6-7-16/h16-18,20H,6-15H2,1-5H3,(H,30,36)(H,31,35)(H,32,38)/t17-,18-,20+/m0/s1. The van der Waals surface area contributed by atoms with Crippen molar-refractivity contribution in [2.24, 2.45) is 10.8 Å². The first-order valence-corrected chi connectivity index (χ1v) is 13.8. The molecule has 1 spiro atoms. The lowest BCUT2D eigenvalue weighted by molar-refractivity contribution is -0.144. The van der Waals surface area contributed by atoms with Gasteiger partial charge in [-0.3, -0.25) is 19.2 Å². The number of hydrogen-bond acceptors (Lipinski definition) is 7. The molecule has 226 valence electrons. The van der Waals surface area contributed by atoms with E-state index in [0.717, 1.165) is 12.8 Å². The molecule has 13 heteroatoms. The van der Waals surface area contributed by atoms with Gasteiger partial charge in [0, 0.05) is 32.2 Å². The van der Waals surface area contributed by atoms with Gasteiger partial charge in [-0.05, 0) is 56.3 Å². The molecule has 3 N–H and O–H groups in total. The normalized spacial score (nSPS) is 22.3. The van der Waals surface area contributed by atoms with Gasteiger partial charge >= 0.3 is 6.09 Å². The highest BCUT2D eigenvalue weighted by molar-refractivity contribution is 6.38. The molecule has 1 saturated carbocycles. The van der Waals surface area contributed by atoms with Crippen molar-refractivity contribution in [3.63, 3.8) is 0 Å². The first-order valence-electron chi connectivity index (χ1n) is 13.8. The number of carbonyl (C=O) groups excluding carboxylic acids is 5. The number of likely N-dealkylation sites (tertiary alicyclic amines) is 1. The van der Waals surface area contributed by atoms with Crippen molar-refractivity contribution in [1.82, 2.24) is 20.9 Å². The Labute approximate surface area is 233 Å². The summed E-state index contributed by atoms with van der Waals surface area (Å²) in [5, 5.41) is 7.64. The number of amides is 4. The molecule has 3 aliphatic rings. The zero-order valence-electron chi connectivity index (χ0n) is 23.9. The van der Waals surface area contributed by atoms with Gasteiger partial charge in [0.15, 0.2) is 0 Å². The molecular formula is C27H42F2N4O7. The number of nitrogens with one attached hydrogen (secondary N) is 3. The summed E-state index contributed by atoms with van der Waals surface area (Å²) >= 11 is 0. The molecule has 0 bridgehead atoms. The van der Waals surface area contributed by atoms with Crippen molar-refractivity contribution in [2.75, 3.05) is 26.9 Å². The molecule has 0 unspecified atom stereocenters. The fourth-order valence-electron chi connectivity index (χ4n) is 5.26. The number of carbonyl (C=O) groups is 5. The molecule has 11 nitrogen and oxygen atoms in total. The zero-order valence-corrected chi connectivity index (χ0v) is 23.9. The molecule has 3 rings (SSSR count). The van der Waals surface area contributed by atoms with Crippen LogP contribution in [0, 0.1) is 10.8 Å². The maximum absolute atomic E-state index is 13.9. The summed E-state index contributed by atoms with van der Waals surface area (Å²) in [5.41, 5.74) is -1.17. The summed E-state index contributed by atoms with van der Waals surface area (Å²) in [6.07, 6.45) is 0.943. The van der Waals surface area contributed by atoms with Crippen LogP contribution in [0.3, 0.4) is 0 Å². The number of hydrogen-bond donors (Lipinski definition) is 3. The predicted octanol–water partition coefficient (Wildman–Crippen LogP) is 1.92. The van der Waals surface area contributed by atoms with Gasteiger partial charge in [-0.25, -0.2) is 13.6 Å². The Morgan fingerprint density at radius 2 is 1.68 bits per heavy atom. The Bertz CT molecular complexity index is 984. The number of ether oxygens (including phenoxy) is 2. The number of ketones is 1. The lowest BCUT2D eigenvalue weighted by Crippen LogP contribution is -2.59. The summed E-state index contributed by atoms with van der Waals surface area (Å²) in [7, 11) is 1.18. The molecule has 0 aromatic heterocycles. The monoisotopic (exact) mass is 572 g/mol. The van der Waals surface area contributed by atoms with E-state index in [4.69, 9.17) is 9.47 Å². The SMILES string of the molecule is COC(=O)N[C@H](C(=O)N1CC2(CCOCC2)C[C@H]1C(=O)N[C@@H](CCC(C)(F)F)C(=O)C(=O)NC1CC1)C(C)(C)C. The van der Waals surface area contributed by atoms with Gasteiger partial charge in [0.25, 0.3) is 5.91 Å². The molecule has 40 heavy (non-hydrogen) atoms. The van der Waals surface area contributed by atoms with Gasteiger partial charge in [-0.2, -0.15) is 0 Å². The predicted molar refractivity (Wildman–Crippen MR) is 139 cm³/mol. The van der Waals surface area contributed by atoms with E-state index in [2.05, 4.69) is 16.0 Å². The third-order valence-corrected chi connectivity index (χ3v) is 7.85. The van der Waals surface area contributed by atoms with Gasteiger partial charge in [0.1, 0.15) is 12.1 Å². The molecule has 3 fully saturated rings. The quantitative estimate of drug-likeness (QED) is 0.340. The Morgan fingerprint density at radius 1 is 1.05 bits per heavy atom. The summed E-state index contributed by atoms with van der Waals surface area (Å²) < 4.78 is 37.6. The highest BCUT2D eigenvalue weighted by Gasteiger charge is 2.52. The second-order valence-corrected chi connectivity index (χ2v) is 12.5. The van der Waals surface area contributed by atoms with Crippen LogP contribution in [-0.2, 0) is 28.7 Å². The molecule has 1 aliphatic carbocycles. The second-order valence-electron chi connectivity index (χ2n) is 12.5. The molecule has 2 saturated heterocycles. The minimum Gasteiger partial charge on any atom is -0.453 e. The number of nitrogens with zero attached hydrogens (tertiary/aromatic N) is 1. The van der Waals surface area contributed by atoms with E-state index < -0.39 is 77.3 Å². The number of rotatable bonds is 10. The summed E-state index contributed by atoms with van der Waals surface area (Å²) in [5.74, 6) is -6.25. The molecule has 3 atom stereocenters. The zero-order chi connectivity index (χ0) is 29.9. The average molecular weight is 573 g/mol. The van der Waals surface area contributed by atoms with Crippen LogP contribution < -0.4 is 16.0 Å². The van der Waals surface area contributed by atoms with E-state index in [1.807, 2.05) is 0 Å². The number of Topliss-reactive ketones (excluding diaryl/α,β-unsaturated/α-hetero) is 1. The van der Waals surface area contributed by atoms with Crippen molar-refractivity contribution < 1.29 is 42.2 Å². The van der Waals surface area contributed by atoms with E-state index in [1.54, 1.807) is 20.8 Å². The Hall–Kier alpha value is -2.83. The topological polar surface area (TPSA) is 143 Å². The van der Waals surface area contributed by atoms with E-state index in [0.29, 0.717) is 33.0 Å². The molecule has 2 heterocycles. The van der Waals surface area contributed by atoms with Gasteiger partial charge in [-0.1, -0.05) is 20.8 Å². The second kappa shape index (κ2) is 12.4. The fraction of sp³-hybridized carbons (Fsp3) is 0.815. The van der Waals surface area contributed by atoms with Crippen molar-refractivity contribution in [3.8, 4) is 0 Å². The van der Waals surface area contributed by atoms with Crippen LogP contribution in [0.15, 0.2) is 0 Å². The number of halogens is 2. The molecule has 0 aromatic rings. The molecular weight excluding hydrogens is 530 g/mol. The molecule has 2 aliphatic heterocycles. The lowest BCUT2D eigenvalue weighted by atomic mass is 9.78. The van der Waals surface area contributed by atoms with Crippen molar-refractivity contribution in [1.29, 1.82) is 0 Å². The summed E-state index contributed by atoms with van der Waals surface area (Å²) in [4.78, 5) is 66.5. The smallest absolute Gasteiger partial charge is 0.407 e. The summed E-state index contributed by atoms with van der Waals surface area (Å²) in [6, 6.07) is -3.69. The van der Waals surface area contributed by atoms with Crippen LogP contribution in [-0.4, -0.2) is 91.5 Å². The third-order valence-electron chi connectivity index (χ3n) is 7.85. The average Bonchev–Trinajstić information content (AvgIpc) is 3.61. The molecule has 0 radical (unpaired) electrons. The van der Waals surface area contributed by atoms with E-state index in [-0.39, 0.29) is 19.0 Å². The van der Waals surface area contributed by atoms with Gasteiger partial charge in [-0.15, -0.1) is 0 Å². The number of alkyl carbamates (subject to hydrolysis) is 1. The highest BCUT2D eigenvalue weighted by Crippen LogP contribution is 2.44. The van der Waals surface area contributed by atoms with Crippen molar-refractivity contribution in [2.45, 2.75) is 103 Å². The van der Waals surface area contributed by atoms with Crippen molar-refractivity contribution in [3.05, 3.63) is 0 Å². The summed E-state index contributed by atoms with van der Waals surface area (Å²) in [6.45, 7) is 7.11. The van der Waals surface area contributed by atoms with Crippen LogP contribution in [0.2, 0.25) is 0 Å². The van der Waals surface area contributed by atoms with E-state index in [1.165, 1.54) is 12.0 Å². The lowest BCUT2D eigenvalue weighted by Gasteiger charge is -2.36. The highest BCUT2D eigenvalue weighted by atomic mass is 19.3. The largest absolute Gasteiger partial charge is 0.453 e. The third kappa shape index (κ3) is 8.34. The van der Waals surface area contributed by atoms with Gasteiger partial charge < -0.3 is 30.3 Å². The first-order chi connectivity index (χ1) is 18.5. The van der Waals surface area contributed by atoms with Crippen LogP contribution in [0.1, 0.15) is 72.6 Å². The number of methoxy groups -OCH3 is 1. The minimum atomic E-state index is -3.11. The first kappa shape index (κ1) is 31.7. The van der Waals surface area contributed by atoms with Crippen LogP contribution in [0.25, 0.3) is 0 Å². The van der Waals surface area contributed by atoms with E-state index in [9.17, 15) is 32.8 Å². The van der Waals surface area contributed by atoms with Crippen LogP contribution in [0.4, 0.5) is 13.6 Å². The van der Waals surface area contributed by atoms with E-state index >= 15 is 0 Å². The van der Waals surface area contributed by atoms with Gasteiger partial charge in [0.2, 0.25) is 23.5 Å². The fourth-order valence-corrected chi connectivity index (χ4v) is 5.26. The minimum absolute atomic E-state index is 0.131. The van der Waals surface area contributed by atoms with Gasteiger partial charge in [0.05, 0.1) is 13.2 Å². The van der Waals surface area contributed by atoms with Crippen LogP contribution >= 0.6 is 0 Å². The Morgan fingerprint density at radius 3 is 2.20 bits per heavy atom. The van der Waals surface area contributed by atoms with Crippen LogP contribution in [0.5, 0.6) is 0 Å².